The van der Waals surface area contributed by atoms with Crippen molar-refractivity contribution in [2.75, 3.05) is 7.05 Å². The maximum absolute atomic E-state index is 4.72. The molecule has 1 atom stereocenters. The maximum atomic E-state index is 4.72. The Morgan fingerprint density at radius 1 is 1.44 bits per heavy atom. The number of hydrogen-bond donors (Lipinski definition) is 0. The molecule has 0 aromatic rings. The van der Waals surface area contributed by atoms with Crippen LogP contribution < -0.4 is 0 Å². The molecular weight excluding hydrogens is 200 g/mol. The summed E-state index contributed by atoms with van der Waals surface area (Å²) in [6.45, 7) is 6.64. The number of aliphatic imine (C=N–C) groups is 1. The largest absolute Gasteiger partial charge is 0.261 e. The van der Waals surface area contributed by atoms with Gasteiger partial charge in [0.2, 0.25) is 0 Å². The number of nitrogens with zero attached hydrogens (tertiary/aromatic N) is 4. The van der Waals surface area contributed by atoms with E-state index in [9.17, 15) is 0 Å². The van der Waals surface area contributed by atoms with Crippen LogP contribution in [-0.4, -0.2) is 23.9 Å². The number of hydrogen-bond acceptors (Lipinski definition) is 4. The van der Waals surface area contributed by atoms with Crippen LogP contribution in [0, 0.1) is 5.41 Å². The molecule has 1 unspecified atom stereocenters. The van der Waals surface area contributed by atoms with Gasteiger partial charge in [0.25, 0.3) is 0 Å². The Kier molecular flexibility index (Phi) is 2.82. The summed E-state index contributed by atoms with van der Waals surface area (Å²) in [4.78, 5) is 4.72. The molecular formula is C12H20N4. The minimum absolute atomic E-state index is 0.0820. The molecule has 0 bridgehead atoms. The van der Waals surface area contributed by atoms with Crippen molar-refractivity contribution >= 4 is 5.71 Å². The number of allylic oxidation sites excluding steroid dienone is 2. The molecule has 2 rings (SSSR count). The van der Waals surface area contributed by atoms with Crippen LogP contribution in [0.4, 0.5) is 0 Å². The van der Waals surface area contributed by atoms with E-state index >= 15 is 0 Å². The molecule has 0 aromatic heterocycles. The topological polar surface area (TPSA) is 40.3 Å². The van der Waals surface area contributed by atoms with Crippen LogP contribution >= 0.6 is 0 Å². The molecule has 2 aliphatic rings. The van der Waals surface area contributed by atoms with Crippen LogP contribution in [0.3, 0.4) is 0 Å². The quantitative estimate of drug-likeness (QED) is 0.618. The van der Waals surface area contributed by atoms with Crippen molar-refractivity contribution in [3.8, 4) is 0 Å². The lowest BCUT2D eigenvalue weighted by molar-refractivity contribution is 0.263. The van der Waals surface area contributed by atoms with Gasteiger partial charge in [-0.2, -0.15) is 0 Å². The first-order valence-corrected chi connectivity index (χ1v) is 5.90. The van der Waals surface area contributed by atoms with Crippen molar-refractivity contribution in [1.82, 2.24) is 5.01 Å². The molecule has 4 nitrogen and oxygen atoms in total. The van der Waals surface area contributed by atoms with Gasteiger partial charge in [-0.3, -0.25) is 10.0 Å². The highest BCUT2D eigenvalue weighted by molar-refractivity contribution is 6.00. The minimum Gasteiger partial charge on any atom is -0.261 e. The van der Waals surface area contributed by atoms with Gasteiger partial charge in [0.15, 0.2) is 0 Å². The van der Waals surface area contributed by atoms with Gasteiger partial charge in [0.1, 0.15) is 11.9 Å². The van der Waals surface area contributed by atoms with E-state index in [1.54, 1.807) is 5.01 Å². The number of rotatable bonds is 0. The Morgan fingerprint density at radius 2 is 2.19 bits per heavy atom. The first-order valence-electron chi connectivity index (χ1n) is 5.90. The Hall–Kier alpha value is -1.19. The third-order valence-corrected chi connectivity index (χ3v) is 3.28. The van der Waals surface area contributed by atoms with E-state index in [0.29, 0.717) is 5.41 Å². The van der Waals surface area contributed by atoms with E-state index < -0.39 is 0 Å². The van der Waals surface area contributed by atoms with Crippen molar-refractivity contribution < 1.29 is 0 Å². The molecule has 1 aliphatic carbocycles. The second-order valence-corrected chi connectivity index (χ2v) is 5.44. The SMILES string of the molecule is CC1N=C2CC(C)(C)CCC=C2N=NN1C. The molecule has 16 heavy (non-hydrogen) atoms. The third-order valence-electron chi connectivity index (χ3n) is 3.28. The van der Waals surface area contributed by atoms with Crippen LogP contribution in [0.5, 0.6) is 0 Å². The Balaban J connectivity index is 2.35. The summed E-state index contributed by atoms with van der Waals surface area (Å²) in [6.07, 6.45) is 5.51. The van der Waals surface area contributed by atoms with Gasteiger partial charge in [-0.25, -0.2) is 0 Å². The van der Waals surface area contributed by atoms with E-state index in [1.165, 1.54) is 6.42 Å². The van der Waals surface area contributed by atoms with Gasteiger partial charge < -0.3 is 0 Å². The second-order valence-electron chi connectivity index (χ2n) is 5.44. The molecule has 0 radical (unpaired) electrons. The monoisotopic (exact) mass is 220 g/mol. The zero-order valence-electron chi connectivity index (χ0n) is 10.6. The maximum Gasteiger partial charge on any atom is 0.135 e. The molecule has 0 amide bonds. The predicted octanol–water partition coefficient (Wildman–Crippen LogP) is 3.18. The molecule has 1 heterocycles. The van der Waals surface area contributed by atoms with E-state index in [-0.39, 0.29) is 6.17 Å². The fourth-order valence-electron chi connectivity index (χ4n) is 2.06. The summed E-state index contributed by atoms with van der Waals surface area (Å²) in [5.74, 6) is 0. The van der Waals surface area contributed by atoms with Crippen molar-refractivity contribution in [3.05, 3.63) is 11.8 Å². The standard InChI is InChI=1S/C12H20N4/c1-9-13-11-8-12(2,3)7-5-6-10(11)14-15-16(9)4/h6,9H,5,7-8H2,1-4H3. The molecule has 0 spiro atoms. The molecule has 1 aliphatic heterocycles. The summed E-state index contributed by atoms with van der Waals surface area (Å²) in [6, 6.07) is 0. The zero-order valence-corrected chi connectivity index (χ0v) is 10.6. The molecule has 0 N–H and O–H groups in total. The first kappa shape index (κ1) is 11.3. The lowest BCUT2D eigenvalue weighted by Crippen LogP contribution is -2.22. The number of fused-ring (bicyclic) bond motifs is 1. The van der Waals surface area contributed by atoms with E-state index in [0.717, 1.165) is 24.3 Å². The minimum atomic E-state index is 0.0820. The Labute approximate surface area is 97.1 Å². The highest BCUT2D eigenvalue weighted by Gasteiger charge is 2.27. The highest BCUT2D eigenvalue weighted by atomic mass is 15.6. The van der Waals surface area contributed by atoms with Gasteiger partial charge in [-0.15, -0.1) is 5.11 Å². The average Bonchev–Trinajstić information content (AvgIpc) is 2.39. The van der Waals surface area contributed by atoms with Gasteiger partial charge >= 0.3 is 0 Å². The average molecular weight is 220 g/mol. The van der Waals surface area contributed by atoms with Crippen molar-refractivity contribution in [2.45, 2.75) is 46.2 Å². The first-order chi connectivity index (χ1) is 7.48. The van der Waals surface area contributed by atoms with E-state index in [1.807, 2.05) is 14.0 Å². The summed E-state index contributed by atoms with van der Waals surface area (Å²) in [5.41, 5.74) is 2.40. The van der Waals surface area contributed by atoms with Crippen LogP contribution in [0.25, 0.3) is 0 Å². The van der Waals surface area contributed by atoms with Gasteiger partial charge in [0, 0.05) is 7.05 Å². The summed E-state index contributed by atoms with van der Waals surface area (Å²) in [5, 5.41) is 10.2. The fourth-order valence-corrected chi connectivity index (χ4v) is 2.06. The normalized spacial score (nSPS) is 28.8. The Bertz CT molecular complexity index is 365. The van der Waals surface area contributed by atoms with Crippen molar-refractivity contribution in [3.63, 3.8) is 0 Å². The molecule has 0 fully saturated rings. The lowest BCUT2D eigenvalue weighted by atomic mass is 9.84. The van der Waals surface area contributed by atoms with Gasteiger partial charge in [-0.1, -0.05) is 25.1 Å². The molecule has 0 saturated carbocycles. The van der Waals surface area contributed by atoms with Crippen molar-refractivity contribution in [2.24, 2.45) is 20.7 Å². The van der Waals surface area contributed by atoms with E-state index in [4.69, 9.17) is 4.99 Å². The summed E-state index contributed by atoms with van der Waals surface area (Å²) in [7, 11) is 1.91. The van der Waals surface area contributed by atoms with Crippen molar-refractivity contribution in [1.29, 1.82) is 0 Å². The Morgan fingerprint density at radius 3 is 2.94 bits per heavy atom. The predicted molar refractivity (Wildman–Crippen MR) is 65.2 cm³/mol. The zero-order chi connectivity index (χ0) is 11.8. The molecule has 0 saturated heterocycles. The molecule has 88 valence electrons. The third kappa shape index (κ3) is 2.31. The van der Waals surface area contributed by atoms with Crippen LogP contribution in [-0.2, 0) is 0 Å². The molecule has 0 aromatic carbocycles. The van der Waals surface area contributed by atoms with Crippen LogP contribution in [0.1, 0.15) is 40.0 Å². The van der Waals surface area contributed by atoms with E-state index in [2.05, 4.69) is 30.3 Å². The summed E-state index contributed by atoms with van der Waals surface area (Å²) < 4.78 is 0. The fraction of sp³-hybridized carbons (Fsp3) is 0.750. The van der Waals surface area contributed by atoms with Crippen LogP contribution in [0.15, 0.2) is 27.1 Å². The molecule has 4 heteroatoms. The summed E-state index contributed by atoms with van der Waals surface area (Å²) >= 11 is 0. The van der Waals surface area contributed by atoms with Gasteiger partial charge in [-0.05, 0) is 31.6 Å². The lowest BCUT2D eigenvalue weighted by Gasteiger charge is -2.22. The van der Waals surface area contributed by atoms with Gasteiger partial charge in [0.05, 0.1) is 5.71 Å². The van der Waals surface area contributed by atoms with Crippen LogP contribution in [0.2, 0.25) is 0 Å². The smallest absolute Gasteiger partial charge is 0.135 e. The highest BCUT2D eigenvalue weighted by Crippen LogP contribution is 2.33. The second kappa shape index (κ2) is 4.00.